The van der Waals surface area contributed by atoms with Crippen molar-refractivity contribution in [3.63, 3.8) is 0 Å². The van der Waals surface area contributed by atoms with Crippen molar-refractivity contribution in [1.29, 1.82) is 5.26 Å². The molecule has 0 aromatic heterocycles. The van der Waals surface area contributed by atoms with Gasteiger partial charge in [-0.15, -0.1) is 0 Å². The first-order valence-electron chi connectivity index (χ1n) is 7.80. The van der Waals surface area contributed by atoms with E-state index in [4.69, 9.17) is 10.00 Å². The average molecular weight is 286 g/mol. The Hall–Kier alpha value is -1.53. The molecule has 1 aliphatic rings. The Labute approximate surface area is 128 Å². The highest BCUT2D eigenvalue weighted by Crippen LogP contribution is 2.32. The van der Waals surface area contributed by atoms with Crippen LogP contribution < -0.4 is 10.1 Å². The summed E-state index contributed by atoms with van der Waals surface area (Å²) in [5, 5.41) is 12.5. The monoisotopic (exact) mass is 286 g/mol. The van der Waals surface area contributed by atoms with E-state index in [0.717, 1.165) is 12.2 Å². The summed E-state index contributed by atoms with van der Waals surface area (Å²) in [6, 6.07) is 9.10. The summed E-state index contributed by atoms with van der Waals surface area (Å²) in [7, 11) is 0. The maximum Gasteiger partial charge on any atom is 0.123 e. The second-order valence-corrected chi connectivity index (χ2v) is 7.01. The summed E-state index contributed by atoms with van der Waals surface area (Å²) in [5.74, 6) is 0.941. The fourth-order valence-corrected chi connectivity index (χ4v) is 2.36. The Balaban J connectivity index is 1.94. The van der Waals surface area contributed by atoms with Crippen LogP contribution in [0.25, 0.3) is 0 Å². The molecule has 21 heavy (non-hydrogen) atoms. The van der Waals surface area contributed by atoms with Gasteiger partial charge in [0.15, 0.2) is 0 Å². The summed E-state index contributed by atoms with van der Waals surface area (Å²) in [6.07, 6.45) is 3.13. The molecule has 1 aromatic rings. The smallest absolute Gasteiger partial charge is 0.123 e. The van der Waals surface area contributed by atoms with Gasteiger partial charge in [-0.3, -0.25) is 5.32 Å². The number of benzene rings is 1. The van der Waals surface area contributed by atoms with Gasteiger partial charge in [-0.05, 0) is 36.8 Å². The van der Waals surface area contributed by atoms with Gasteiger partial charge >= 0.3 is 0 Å². The SMILES string of the molecule is Cc1ccc(OCCC(C#N)NC2CC2)c(C(C)(C)C)c1. The van der Waals surface area contributed by atoms with Crippen LogP contribution in [0.3, 0.4) is 0 Å². The predicted octanol–water partition coefficient (Wildman–Crippen LogP) is 3.71. The molecule has 2 rings (SSSR count). The number of nitriles is 1. The summed E-state index contributed by atoms with van der Waals surface area (Å²) >= 11 is 0. The van der Waals surface area contributed by atoms with E-state index in [2.05, 4.69) is 51.2 Å². The summed E-state index contributed by atoms with van der Waals surface area (Å²) in [6.45, 7) is 9.26. The van der Waals surface area contributed by atoms with Crippen LogP contribution in [0, 0.1) is 18.3 Å². The molecule has 0 saturated heterocycles. The first-order chi connectivity index (χ1) is 9.90. The zero-order valence-electron chi connectivity index (χ0n) is 13.6. The first kappa shape index (κ1) is 15.9. The van der Waals surface area contributed by atoms with Crippen LogP contribution in [0.5, 0.6) is 5.75 Å². The van der Waals surface area contributed by atoms with Gasteiger partial charge in [-0.25, -0.2) is 0 Å². The molecule has 0 aliphatic heterocycles. The van der Waals surface area contributed by atoms with E-state index in [1.807, 2.05) is 6.07 Å². The van der Waals surface area contributed by atoms with E-state index in [1.54, 1.807) is 0 Å². The second kappa shape index (κ2) is 6.49. The molecule has 0 amide bonds. The predicted molar refractivity (Wildman–Crippen MR) is 85.5 cm³/mol. The average Bonchev–Trinajstić information content (AvgIpc) is 3.22. The minimum Gasteiger partial charge on any atom is -0.493 e. The molecule has 114 valence electrons. The molecule has 0 heterocycles. The number of rotatable bonds is 6. The van der Waals surface area contributed by atoms with Crippen LogP contribution >= 0.6 is 0 Å². The fourth-order valence-electron chi connectivity index (χ4n) is 2.36. The van der Waals surface area contributed by atoms with Crippen molar-refractivity contribution in [2.45, 2.75) is 64.5 Å². The molecule has 1 saturated carbocycles. The lowest BCUT2D eigenvalue weighted by Gasteiger charge is -2.23. The quantitative estimate of drug-likeness (QED) is 0.867. The van der Waals surface area contributed by atoms with E-state index in [1.165, 1.54) is 24.0 Å². The van der Waals surface area contributed by atoms with E-state index in [-0.39, 0.29) is 11.5 Å². The van der Waals surface area contributed by atoms with E-state index in [9.17, 15) is 0 Å². The number of nitrogens with one attached hydrogen (secondary N) is 1. The molecular weight excluding hydrogens is 260 g/mol. The van der Waals surface area contributed by atoms with Gasteiger partial charge in [0, 0.05) is 12.5 Å². The van der Waals surface area contributed by atoms with Gasteiger partial charge in [0.2, 0.25) is 0 Å². The molecule has 1 atom stereocenters. The lowest BCUT2D eigenvalue weighted by Crippen LogP contribution is -2.31. The molecule has 0 spiro atoms. The maximum atomic E-state index is 9.15. The van der Waals surface area contributed by atoms with E-state index in [0.29, 0.717) is 12.6 Å². The molecule has 3 nitrogen and oxygen atoms in total. The third kappa shape index (κ3) is 4.75. The molecule has 0 radical (unpaired) electrons. The zero-order chi connectivity index (χ0) is 15.5. The first-order valence-corrected chi connectivity index (χ1v) is 7.80. The lowest BCUT2D eigenvalue weighted by molar-refractivity contribution is 0.290. The molecule has 0 bridgehead atoms. The van der Waals surface area contributed by atoms with Gasteiger partial charge < -0.3 is 4.74 Å². The van der Waals surface area contributed by atoms with Crippen molar-refractivity contribution in [2.75, 3.05) is 6.61 Å². The third-order valence-electron chi connectivity index (χ3n) is 3.78. The minimum atomic E-state index is -0.0963. The number of hydrogen-bond donors (Lipinski definition) is 1. The van der Waals surface area contributed by atoms with Crippen molar-refractivity contribution < 1.29 is 4.74 Å². The fraction of sp³-hybridized carbons (Fsp3) is 0.611. The molecular formula is C18H26N2O. The number of hydrogen-bond acceptors (Lipinski definition) is 3. The van der Waals surface area contributed by atoms with Crippen LogP contribution in [0.2, 0.25) is 0 Å². The van der Waals surface area contributed by atoms with E-state index >= 15 is 0 Å². The van der Waals surface area contributed by atoms with Crippen molar-refractivity contribution in [2.24, 2.45) is 0 Å². The van der Waals surface area contributed by atoms with Gasteiger partial charge in [0.25, 0.3) is 0 Å². The molecule has 1 aliphatic carbocycles. The largest absolute Gasteiger partial charge is 0.493 e. The Bertz CT molecular complexity index is 521. The number of ether oxygens (including phenoxy) is 1. The second-order valence-electron chi connectivity index (χ2n) is 7.01. The Kier molecular flexibility index (Phi) is 4.90. The molecule has 1 fully saturated rings. The van der Waals surface area contributed by atoms with Gasteiger partial charge in [0.1, 0.15) is 5.75 Å². The zero-order valence-corrected chi connectivity index (χ0v) is 13.6. The van der Waals surface area contributed by atoms with Crippen molar-refractivity contribution in [1.82, 2.24) is 5.32 Å². The normalized spacial score (nSPS) is 16.3. The van der Waals surface area contributed by atoms with Crippen LogP contribution in [0.15, 0.2) is 18.2 Å². The van der Waals surface area contributed by atoms with Crippen molar-refractivity contribution in [3.05, 3.63) is 29.3 Å². The molecule has 1 aromatic carbocycles. The van der Waals surface area contributed by atoms with Gasteiger partial charge in [0.05, 0.1) is 18.7 Å². The highest BCUT2D eigenvalue weighted by atomic mass is 16.5. The maximum absolute atomic E-state index is 9.15. The Morgan fingerprint density at radius 2 is 2.10 bits per heavy atom. The Morgan fingerprint density at radius 3 is 2.67 bits per heavy atom. The standard InChI is InChI=1S/C18H26N2O/c1-13-5-8-17(16(11-13)18(2,3)4)21-10-9-15(12-19)20-14-6-7-14/h5,8,11,14-15,20H,6-7,9-10H2,1-4H3. The molecule has 1 N–H and O–H groups in total. The highest BCUT2D eigenvalue weighted by Gasteiger charge is 2.24. The van der Waals surface area contributed by atoms with Crippen molar-refractivity contribution in [3.8, 4) is 11.8 Å². The number of nitrogens with zero attached hydrogens (tertiary/aromatic N) is 1. The molecule has 1 unspecified atom stereocenters. The van der Waals surface area contributed by atoms with Gasteiger partial charge in [-0.1, -0.05) is 38.5 Å². The van der Waals surface area contributed by atoms with Crippen LogP contribution in [0.1, 0.15) is 51.2 Å². The summed E-state index contributed by atoms with van der Waals surface area (Å²) in [4.78, 5) is 0. The molecule has 3 heteroatoms. The minimum absolute atomic E-state index is 0.0578. The highest BCUT2D eigenvalue weighted by molar-refractivity contribution is 5.41. The van der Waals surface area contributed by atoms with Crippen LogP contribution in [0.4, 0.5) is 0 Å². The van der Waals surface area contributed by atoms with E-state index < -0.39 is 0 Å². The van der Waals surface area contributed by atoms with Crippen LogP contribution in [-0.4, -0.2) is 18.7 Å². The van der Waals surface area contributed by atoms with Crippen molar-refractivity contribution >= 4 is 0 Å². The van der Waals surface area contributed by atoms with Gasteiger partial charge in [-0.2, -0.15) is 5.26 Å². The third-order valence-corrected chi connectivity index (χ3v) is 3.78. The Morgan fingerprint density at radius 1 is 1.38 bits per heavy atom. The topological polar surface area (TPSA) is 45.0 Å². The summed E-state index contributed by atoms with van der Waals surface area (Å²) in [5.41, 5.74) is 2.53. The summed E-state index contributed by atoms with van der Waals surface area (Å²) < 4.78 is 5.96. The van der Waals surface area contributed by atoms with Crippen LogP contribution in [-0.2, 0) is 5.41 Å². The lowest BCUT2D eigenvalue weighted by atomic mass is 9.85. The number of aryl methyl sites for hydroxylation is 1.